The number of aliphatic imine (C=N–C) groups is 1. The van der Waals surface area contributed by atoms with Crippen LogP contribution in [0.1, 0.15) is 18.1 Å². The fourth-order valence-electron chi connectivity index (χ4n) is 2.15. The highest BCUT2D eigenvalue weighted by Crippen LogP contribution is 2.16. The lowest BCUT2D eigenvalue weighted by molar-refractivity contribution is 0.687. The summed E-state index contributed by atoms with van der Waals surface area (Å²) in [5.41, 5.74) is 9.35. The summed E-state index contributed by atoms with van der Waals surface area (Å²) in [6, 6.07) is 18.7. The van der Waals surface area contributed by atoms with E-state index in [9.17, 15) is 0 Å². The van der Waals surface area contributed by atoms with Gasteiger partial charge in [0.2, 0.25) is 0 Å². The molecule has 0 atom stereocenters. The van der Waals surface area contributed by atoms with Gasteiger partial charge >= 0.3 is 0 Å². The highest BCUT2D eigenvalue weighted by atomic mass is 35.5. The third-order valence-electron chi connectivity index (χ3n) is 3.20. The van der Waals surface area contributed by atoms with Crippen molar-refractivity contribution >= 4 is 47.4 Å². The Morgan fingerprint density at radius 1 is 1.04 bits per heavy atom. The van der Waals surface area contributed by atoms with Crippen LogP contribution < -0.4 is 11.1 Å². The molecule has 132 valence electrons. The predicted octanol–water partition coefficient (Wildman–Crippen LogP) is 4.56. The van der Waals surface area contributed by atoms with Gasteiger partial charge in [-0.25, -0.2) is 4.99 Å². The number of benzene rings is 2. The smallest absolute Gasteiger partial charge is 0.159 e. The van der Waals surface area contributed by atoms with Gasteiger partial charge in [0.1, 0.15) is 0 Å². The Morgan fingerprint density at radius 3 is 2.46 bits per heavy atom. The van der Waals surface area contributed by atoms with Crippen LogP contribution in [-0.2, 0) is 13.0 Å². The summed E-state index contributed by atoms with van der Waals surface area (Å²) in [4.78, 5) is 4.41. The number of nitrogens with zero attached hydrogens (tertiary/aromatic N) is 1. The molecule has 24 heavy (non-hydrogen) atoms. The van der Waals surface area contributed by atoms with Crippen LogP contribution in [0.15, 0.2) is 59.6 Å². The molecule has 0 aliphatic carbocycles. The minimum Gasteiger partial charge on any atom is -0.378 e. The van der Waals surface area contributed by atoms with E-state index >= 15 is 0 Å². The second kappa shape index (κ2) is 13.1. The van der Waals surface area contributed by atoms with Crippen LogP contribution >= 0.6 is 36.6 Å². The fourth-order valence-corrected chi connectivity index (χ4v) is 2.62. The summed E-state index contributed by atoms with van der Waals surface area (Å²) in [7, 11) is 0. The van der Waals surface area contributed by atoms with Gasteiger partial charge in [-0.1, -0.05) is 61.2 Å². The number of hydrogen-bond acceptors (Lipinski definition) is 3. The zero-order valence-corrected chi connectivity index (χ0v) is 16.2. The summed E-state index contributed by atoms with van der Waals surface area (Å²) in [6.07, 6.45) is 1.04. The minimum absolute atomic E-state index is 0. The Labute approximate surface area is 161 Å². The van der Waals surface area contributed by atoms with Crippen LogP contribution in [0.25, 0.3) is 0 Å². The highest BCUT2D eigenvalue weighted by molar-refractivity contribution is 8.13. The Morgan fingerprint density at radius 2 is 1.75 bits per heavy atom. The maximum Gasteiger partial charge on any atom is 0.159 e. The molecule has 0 aromatic heterocycles. The van der Waals surface area contributed by atoms with Crippen LogP contribution in [-0.4, -0.2) is 17.5 Å². The first-order valence-electron chi connectivity index (χ1n) is 7.58. The number of amidine groups is 1. The molecular weight excluding hydrogens is 361 g/mol. The van der Waals surface area contributed by atoms with Gasteiger partial charge in [-0.15, -0.1) is 24.8 Å². The van der Waals surface area contributed by atoms with Gasteiger partial charge in [-0.3, -0.25) is 0 Å². The van der Waals surface area contributed by atoms with E-state index in [1.165, 1.54) is 11.1 Å². The van der Waals surface area contributed by atoms with Gasteiger partial charge in [0.05, 0.1) is 5.69 Å². The summed E-state index contributed by atoms with van der Waals surface area (Å²) >= 11 is 1.56. The Hall–Kier alpha value is -1.20. The predicted molar refractivity (Wildman–Crippen MR) is 112 cm³/mol. The van der Waals surface area contributed by atoms with Gasteiger partial charge in [0.25, 0.3) is 0 Å². The van der Waals surface area contributed by atoms with Crippen molar-refractivity contribution in [1.82, 2.24) is 5.32 Å². The van der Waals surface area contributed by atoms with Crippen LogP contribution in [0.5, 0.6) is 0 Å². The molecule has 0 saturated carbocycles. The van der Waals surface area contributed by atoms with Crippen molar-refractivity contribution in [1.29, 1.82) is 0 Å². The second-order valence-corrected chi connectivity index (χ2v) is 6.25. The summed E-state index contributed by atoms with van der Waals surface area (Å²) < 4.78 is 0. The summed E-state index contributed by atoms with van der Waals surface area (Å²) in [5.74, 6) is 0.941. The maximum absolute atomic E-state index is 5.85. The molecule has 3 N–H and O–H groups in total. The number of nitrogens with two attached hydrogens (primary N) is 1. The normalized spacial score (nSPS) is 10.6. The first-order chi connectivity index (χ1) is 10.8. The Kier molecular flexibility index (Phi) is 12.5. The van der Waals surface area contributed by atoms with E-state index in [4.69, 9.17) is 5.73 Å². The third-order valence-corrected chi connectivity index (χ3v) is 3.88. The maximum atomic E-state index is 5.85. The Bertz CT molecular complexity index is 606. The topological polar surface area (TPSA) is 50.4 Å². The Balaban J connectivity index is 0.00000264. The van der Waals surface area contributed by atoms with Crippen LogP contribution in [0.2, 0.25) is 0 Å². The quantitative estimate of drug-likeness (QED) is 0.417. The van der Waals surface area contributed by atoms with Crippen LogP contribution in [0, 0.1) is 0 Å². The van der Waals surface area contributed by atoms with Crippen molar-refractivity contribution in [2.24, 2.45) is 10.7 Å². The number of hydrogen-bond donors (Lipinski definition) is 2. The molecule has 2 aromatic carbocycles. The van der Waals surface area contributed by atoms with Gasteiger partial charge in [0, 0.05) is 6.54 Å². The van der Waals surface area contributed by atoms with Crippen molar-refractivity contribution in [3.8, 4) is 0 Å². The number of thioether (sulfide) groups is 1. The van der Waals surface area contributed by atoms with Crippen LogP contribution in [0.3, 0.4) is 0 Å². The fraction of sp³-hybridized carbons (Fsp3) is 0.278. The van der Waals surface area contributed by atoms with E-state index in [2.05, 4.69) is 53.6 Å². The highest BCUT2D eigenvalue weighted by Gasteiger charge is 1.97. The molecule has 0 heterocycles. The van der Waals surface area contributed by atoms with E-state index in [-0.39, 0.29) is 24.8 Å². The molecule has 0 saturated heterocycles. The van der Waals surface area contributed by atoms with E-state index in [1.807, 2.05) is 18.2 Å². The molecule has 0 aliphatic rings. The zero-order chi connectivity index (χ0) is 15.6. The zero-order valence-electron chi connectivity index (χ0n) is 13.8. The standard InChI is InChI=1S/C18H23N3S.2ClH/c1-2-22-18(19)21-17-10-6-9-16(13-17)14-20-12-11-15-7-4-3-5-8-15;;/h3-10,13,20H,2,11-12,14H2,1H3,(H2,19,21);2*1H. The van der Waals surface area contributed by atoms with Crippen molar-refractivity contribution in [3.05, 3.63) is 65.7 Å². The van der Waals surface area contributed by atoms with Crippen LogP contribution in [0.4, 0.5) is 5.69 Å². The molecular formula is C18H25Cl2N3S. The molecule has 0 amide bonds. The molecule has 0 unspecified atom stereocenters. The van der Waals surface area contributed by atoms with Crippen molar-refractivity contribution in [3.63, 3.8) is 0 Å². The minimum atomic E-state index is 0. The van der Waals surface area contributed by atoms with Gasteiger partial charge in [-0.2, -0.15) is 0 Å². The average molecular weight is 386 g/mol. The number of halogens is 2. The molecule has 0 radical (unpaired) electrons. The molecule has 0 aliphatic heterocycles. The van der Waals surface area contributed by atoms with E-state index in [0.29, 0.717) is 5.17 Å². The molecule has 0 bridgehead atoms. The molecule has 2 aromatic rings. The second-order valence-electron chi connectivity index (χ2n) is 4.97. The first-order valence-corrected chi connectivity index (χ1v) is 8.57. The first kappa shape index (κ1) is 22.8. The lowest BCUT2D eigenvalue weighted by Crippen LogP contribution is -2.16. The summed E-state index contributed by atoms with van der Waals surface area (Å²) in [5, 5.41) is 4.09. The largest absolute Gasteiger partial charge is 0.378 e. The molecule has 0 spiro atoms. The lowest BCUT2D eigenvalue weighted by atomic mass is 10.1. The summed E-state index contributed by atoms with van der Waals surface area (Å²) in [6.45, 7) is 3.88. The number of rotatable bonds is 7. The molecule has 0 fully saturated rings. The van der Waals surface area contributed by atoms with Gasteiger partial charge in [-0.05, 0) is 42.0 Å². The van der Waals surface area contributed by atoms with Crippen molar-refractivity contribution in [2.75, 3.05) is 12.3 Å². The van der Waals surface area contributed by atoms with Crippen molar-refractivity contribution < 1.29 is 0 Å². The van der Waals surface area contributed by atoms with Crippen molar-refractivity contribution in [2.45, 2.75) is 19.9 Å². The van der Waals surface area contributed by atoms with E-state index in [0.717, 1.165) is 31.0 Å². The SMILES string of the molecule is CCSC(N)=Nc1cccc(CNCCc2ccccc2)c1.Cl.Cl. The molecule has 2 rings (SSSR count). The third kappa shape index (κ3) is 8.60. The molecule has 3 nitrogen and oxygen atoms in total. The van der Waals surface area contributed by atoms with Gasteiger partial charge in [0.15, 0.2) is 5.17 Å². The van der Waals surface area contributed by atoms with Gasteiger partial charge < -0.3 is 11.1 Å². The number of nitrogens with one attached hydrogen (secondary N) is 1. The average Bonchev–Trinajstić information content (AvgIpc) is 2.53. The molecule has 6 heteroatoms. The lowest BCUT2D eigenvalue weighted by Gasteiger charge is -2.06. The monoisotopic (exact) mass is 385 g/mol. The van der Waals surface area contributed by atoms with E-state index < -0.39 is 0 Å². The van der Waals surface area contributed by atoms with E-state index in [1.54, 1.807) is 11.8 Å².